The van der Waals surface area contributed by atoms with Crippen molar-refractivity contribution in [1.29, 1.82) is 0 Å². The maximum Gasteiger partial charge on any atom is 0.146 e. The van der Waals surface area contributed by atoms with Crippen LogP contribution in [0.5, 0.6) is 0 Å². The lowest BCUT2D eigenvalue weighted by molar-refractivity contribution is -0.118. The molecular weight excluding hydrogens is 138 g/mol. The molecule has 0 amide bonds. The molecule has 2 fully saturated rings. The molecule has 1 heterocycles. The summed E-state index contributed by atoms with van der Waals surface area (Å²) in [7, 11) is 0. The van der Waals surface area contributed by atoms with Gasteiger partial charge in [0, 0.05) is 6.54 Å². The van der Waals surface area contributed by atoms with Crippen molar-refractivity contribution in [3.05, 3.63) is 0 Å². The van der Waals surface area contributed by atoms with Crippen molar-refractivity contribution in [3.63, 3.8) is 0 Å². The first-order valence-electron chi connectivity index (χ1n) is 4.46. The standard InChI is InChI=1S/C9H15NO/c1-7(11)8-5-9(6-10-8)3-2-4-9/h8,10H,2-6H2,1H3/t8-/m0/s1. The Kier molecular flexibility index (Phi) is 1.53. The van der Waals surface area contributed by atoms with Gasteiger partial charge in [-0.1, -0.05) is 6.42 Å². The van der Waals surface area contributed by atoms with Crippen LogP contribution in [0.4, 0.5) is 0 Å². The Bertz CT molecular complexity index is 184. The van der Waals surface area contributed by atoms with E-state index in [0.717, 1.165) is 13.0 Å². The minimum absolute atomic E-state index is 0.176. The number of hydrogen-bond donors (Lipinski definition) is 1. The second-order valence-corrected chi connectivity index (χ2v) is 4.10. The Morgan fingerprint density at radius 1 is 1.55 bits per heavy atom. The van der Waals surface area contributed by atoms with Gasteiger partial charge in [-0.3, -0.25) is 4.79 Å². The Hall–Kier alpha value is -0.370. The van der Waals surface area contributed by atoms with Crippen LogP contribution in [-0.4, -0.2) is 18.4 Å². The van der Waals surface area contributed by atoms with Gasteiger partial charge < -0.3 is 5.32 Å². The summed E-state index contributed by atoms with van der Waals surface area (Å²) in [6.07, 6.45) is 5.14. The fourth-order valence-electron chi connectivity index (χ4n) is 2.26. The number of carbonyl (C=O) groups is 1. The molecule has 2 rings (SSSR count). The molecule has 2 nitrogen and oxygen atoms in total. The van der Waals surface area contributed by atoms with E-state index in [2.05, 4.69) is 5.32 Å². The molecule has 1 saturated carbocycles. The van der Waals surface area contributed by atoms with E-state index in [4.69, 9.17) is 0 Å². The third kappa shape index (κ3) is 1.09. The summed E-state index contributed by atoms with van der Waals surface area (Å²) < 4.78 is 0. The average molecular weight is 153 g/mol. The predicted molar refractivity (Wildman–Crippen MR) is 43.4 cm³/mol. The SMILES string of the molecule is CC(=O)[C@@H]1CC2(CCC2)CN1. The molecule has 1 aliphatic carbocycles. The number of hydrogen-bond acceptors (Lipinski definition) is 2. The molecule has 1 N–H and O–H groups in total. The first kappa shape index (κ1) is 7.29. The highest BCUT2D eigenvalue weighted by molar-refractivity contribution is 5.81. The van der Waals surface area contributed by atoms with Crippen molar-refractivity contribution < 1.29 is 4.79 Å². The predicted octanol–water partition coefficient (Wildman–Crippen LogP) is 1.11. The van der Waals surface area contributed by atoms with E-state index in [0.29, 0.717) is 11.2 Å². The van der Waals surface area contributed by atoms with Gasteiger partial charge in [-0.25, -0.2) is 0 Å². The van der Waals surface area contributed by atoms with Gasteiger partial charge in [-0.15, -0.1) is 0 Å². The molecule has 2 heteroatoms. The summed E-state index contributed by atoms with van der Waals surface area (Å²) in [4.78, 5) is 11.0. The molecule has 1 saturated heterocycles. The number of Topliss-reactive ketones (excluding diaryl/α,β-unsaturated/α-hetero) is 1. The molecular formula is C9H15NO. The zero-order chi connectivity index (χ0) is 7.90. The molecule has 11 heavy (non-hydrogen) atoms. The largest absolute Gasteiger partial charge is 0.307 e. The Morgan fingerprint density at radius 3 is 2.55 bits per heavy atom. The van der Waals surface area contributed by atoms with Crippen molar-refractivity contribution in [2.75, 3.05) is 6.54 Å². The summed E-state index contributed by atoms with van der Waals surface area (Å²) in [5, 5.41) is 3.30. The van der Waals surface area contributed by atoms with Crippen LogP contribution in [-0.2, 0) is 4.79 Å². The topological polar surface area (TPSA) is 29.1 Å². The fraction of sp³-hybridized carbons (Fsp3) is 0.889. The molecule has 1 atom stereocenters. The highest BCUT2D eigenvalue weighted by Crippen LogP contribution is 2.47. The van der Waals surface area contributed by atoms with Crippen LogP contribution >= 0.6 is 0 Å². The third-order valence-electron chi connectivity index (χ3n) is 3.27. The van der Waals surface area contributed by atoms with Crippen molar-refractivity contribution in [2.45, 2.75) is 38.6 Å². The summed E-state index contributed by atoms with van der Waals surface area (Å²) in [6, 6.07) is 0.176. The van der Waals surface area contributed by atoms with E-state index in [9.17, 15) is 4.79 Å². The van der Waals surface area contributed by atoms with E-state index < -0.39 is 0 Å². The van der Waals surface area contributed by atoms with Crippen LogP contribution in [0.15, 0.2) is 0 Å². The molecule has 0 radical (unpaired) electrons. The highest BCUT2D eigenvalue weighted by atomic mass is 16.1. The Morgan fingerprint density at radius 2 is 2.27 bits per heavy atom. The molecule has 0 aromatic heterocycles. The zero-order valence-corrected chi connectivity index (χ0v) is 7.02. The van der Waals surface area contributed by atoms with Gasteiger partial charge in [0.2, 0.25) is 0 Å². The molecule has 0 bridgehead atoms. The van der Waals surface area contributed by atoms with Gasteiger partial charge >= 0.3 is 0 Å². The molecule has 0 aromatic carbocycles. The average Bonchev–Trinajstić information content (AvgIpc) is 2.28. The molecule has 0 unspecified atom stereocenters. The van der Waals surface area contributed by atoms with Gasteiger partial charge in [-0.2, -0.15) is 0 Å². The van der Waals surface area contributed by atoms with Gasteiger partial charge in [0.25, 0.3) is 0 Å². The van der Waals surface area contributed by atoms with Crippen LogP contribution in [0.3, 0.4) is 0 Å². The molecule has 1 aliphatic heterocycles. The monoisotopic (exact) mass is 153 g/mol. The minimum Gasteiger partial charge on any atom is -0.307 e. The van der Waals surface area contributed by atoms with Crippen molar-refractivity contribution in [3.8, 4) is 0 Å². The fourth-order valence-corrected chi connectivity index (χ4v) is 2.26. The number of nitrogens with one attached hydrogen (secondary N) is 1. The van der Waals surface area contributed by atoms with E-state index in [1.807, 2.05) is 0 Å². The van der Waals surface area contributed by atoms with E-state index in [-0.39, 0.29) is 6.04 Å². The zero-order valence-electron chi connectivity index (χ0n) is 7.02. The third-order valence-corrected chi connectivity index (χ3v) is 3.27. The van der Waals surface area contributed by atoms with Gasteiger partial charge in [-0.05, 0) is 31.6 Å². The number of rotatable bonds is 1. The van der Waals surface area contributed by atoms with Crippen LogP contribution in [0.25, 0.3) is 0 Å². The lowest BCUT2D eigenvalue weighted by Gasteiger charge is -2.37. The molecule has 62 valence electrons. The van der Waals surface area contributed by atoms with E-state index in [1.54, 1.807) is 6.92 Å². The van der Waals surface area contributed by atoms with Crippen LogP contribution in [0, 0.1) is 5.41 Å². The molecule has 0 aromatic rings. The quantitative estimate of drug-likeness (QED) is 0.611. The lowest BCUT2D eigenvalue weighted by Crippen LogP contribution is -2.31. The molecule has 2 aliphatic rings. The van der Waals surface area contributed by atoms with Gasteiger partial charge in [0.15, 0.2) is 0 Å². The lowest BCUT2D eigenvalue weighted by atomic mass is 9.67. The summed E-state index contributed by atoms with van der Waals surface area (Å²) >= 11 is 0. The number of carbonyl (C=O) groups excluding carboxylic acids is 1. The maximum atomic E-state index is 11.0. The van der Waals surface area contributed by atoms with E-state index >= 15 is 0 Å². The normalized spacial score (nSPS) is 33.7. The van der Waals surface area contributed by atoms with Crippen molar-refractivity contribution in [1.82, 2.24) is 5.32 Å². The summed E-state index contributed by atoms with van der Waals surface area (Å²) in [6.45, 7) is 2.77. The second kappa shape index (κ2) is 2.31. The highest BCUT2D eigenvalue weighted by Gasteiger charge is 2.44. The van der Waals surface area contributed by atoms with Crippen LogP contribution in [0.2, 0.25) is 0 Å². The first-order chi connectivity index (χ1) is 5.22. The van der Waals surface area contributed by atoms with E-state index in [1.165, 1.54) is 19.3 Å². The Labute approximate surface area is 67.4 Å². The van der Waals surface area contributed by atoms with Crippen molar-refractivity contribution in [2.24, 2.45) is 5.41 Å². The van der Waals surface area contributed by atoms with Gasteiger partial charge in [0.05, 0.1) is 6.04 Å². The van der Waals surface area contributed by atoms with Crippen LogP contribution < -0.4 is 5.32 Å². The first-order valence-corrected chi connectivity index (χ1v) is 4.46. The summed E-state index contributed by atoms with van der Waals surface area (Å²) in [5.74, 6) is 0.314. The smallest absolute Gasteiger partial charge is 0.146 e. The summed E-state index contributed by atoms with van der Waals surface area (Å²) in [5.41, 5.74) is 0.538. The van der Waals surface area contributed by atoms with Gasteiger partial charge in [0.1, 0.15) is 5.78 Å². The molecule has 1 spiro atoms. The minimum atomic E-state index is 0.176. The number of ketones is 1. The maximum absolute atomic E-state index is 11.0. The second-order valence-electron chi connectivity index (χ2n) is 4.10. The van der Waals surface area contributed by atoms with Crippen LogP contribution in [0.1, 0.15) is 32.6 Å². The van der Waals surface area contributed by atoms with Crippen molar-refractivity contribution >= 4 is 5.78 Å². The Balaban J connectivity index is 1.98.